The van der Waals surface area contributed by atoms with Crippen LogP contribution < -0.4 is 15.8 Å². The maximum atomic E-state index is 12.2. The Morgan fingerprint density at radius 3 is 3.10 bits per heavy atom. The number of para-hydroxylation sites is 1. The molecule has 1 unspecified atom stereocenters. The van der Waals surface area contributed by atoms with Gasteiger partial charge in [-0.25, -0.2) is 0 Å². The number of likely N-dealkylation sites (N-methyl/N-ethyl adjacent to an activating group) is 1. The van der Waals surface area contributed by atoms with E-state index in [1.165, 1.54) is 7.11 Å². The first-order valence-corrected chi connectivity index (χ1v) is 7.20. The van der Waals surface area contributed by atoms with Gasteiger partial charge in [-0.1, -0.05) is 13.0 Å². The third kappa shape index (κ3) is 3.86. The monoisotopic (exact) mass is 293 g/mol. The van der Waals surface area contributed by atoms with E-state index in [4.69, 9.17) is 15.2 Å². The second kappa shape index (κ2) is 7.28. The molecule has 1 atom stereocenters. The number of hydrogen-bond acceptors (Lipinski definition) is 5. The minimum atomic E-state index is -0.205. The lowest BCUT2D eigenvalue weighted by molar-refractivity contribution is -0.0246. The number of amides is 1. The number of nitrogens with one attached hydrogen (secondary N) is 1. The summed E-state index contributed by atoms with van der Waals surface area (Å²) in [4.78, 5) is 14.5. The van der Waals surface area contributed by atoms with Gasteiger partial charge in [0.25, 0.3) is 5.91 Å². The predicted octanol–water partition coefficient (Wildman–Crippen LogP) is 0.728. The van der Waals surface area contributed by atoms with Crippen molar-refractivity contribution in [2.24, 2.45) is 0 Å². The number of morpholine rings is 1. The van der Waals surface area contributed by atoms with Crippen molar-refractivity contribution in [1.29, 1.82) is 0 Å². The normalized spacial score (nSPS) is 19.2. The van der Waals surface area contributed by atoms with Gasteiger partial charge in [-0.2, -0.15) is 0 Å². The summed E-state index contributed by atoms with van der Waals surface area (Å²) in [6, 6.07) is 5.17. The van der Waals surface area contributed by atoms with E-state index in [0.717, 1.165) is 19.6 Å². The van der Waals surface area contributed by atoms with Crippen molar-refractivity contribution in [3.05, 3.63) is 23.8 Å². The van der Waals surface area contributed by atoms with E-state index in [1.807, 2.05) is 0 Å². The molecule has 1 aromatic carbocycles. The number of methoxy groups -OCH3 is 1. The largest absolute Gasteiger partial charge is 0.495 e. The molecule has 0 radical (unpaired) electrons. The summed E-state index contributed by atoms with van der Waals surface area (Å²) in [5.74, 6) is 0.303. The Balaban J connectivity index is 1.93. The van der Waals surface area contributed by atoms with E-state index in [-0.39, 0.29) is 12.0 Å². The van der Waals surface area contributed by atoms with Gasteiger partial charge in [-0.15, -0.1) is 0 Å². The van der Waals surface area contributed by atoms with Gasteiger partial charge in [0.2, 0.25) is 0 Å². The third-order valence-corrected chi connectivity index (χ3v) is 3.69. The number of rotatable bonds is 5. The Bertz CT molecular complexity index is 493. The van der Waals surface area contributed by atoms with Gasteiger partial charge in [0, 0.05) is 19.6 Å². The van der Waals surface area contributed by atoms with E-state index in [9.17, 15) is 4.79 Å². The van der Waals surface area contributed by atoms with Crippen molar-refractivity contribution in [1.82, 2.24) is 10.2 Å². The summed E-state index contributed by atoms with van der Waals surface area (Å²) >= 11 is 0. The third-order valence-electron chi connectivity index (χ3n) is 3.69. The van der Waals surface area contributed by atoms with Crippen LogP contribution in [0.4, 0.5) is 5.69 Å². The van der Waals surface area contributed by atoms with E-state index in [0.29, 0.717) is 30.2 Å². The molecule has 1 aromatic rings. The first-order chi connectivity index (χ1) is 10.2. The number of carbonyl (C=O) groups is 1. The number of nitrogens with zero attached hydrogens (tertiary/aromatic N) is 1. The van der Waals surface area contributed by atoms with Crippen LogP contribution in [0.2, 0.25) is 0 Å². The maximum absolute atomic E-state index is 12.2. The summed E-state index contributed by atoms with van der Waals surface area (Å²) in [5.41, 5.74) is 6.71. The van der Waals surface area contributed by atoms with Crippen LogP contribution in [0.1, 0.15) is 17.3 Å². The lowest BCUT2D eigenvalue weighted by Gasteiger charge is -2.32. The Morgan fingerprint density at radius 1 is 1.57 bits per heavy atom. The molecule has 6 heteroatoms. The van der Waals surface area contributed by atoms with Crippen molar-refractivity contribution < 1.29 is 14.3 Å². The Morgan fingerprint density at radius 2 is 2.38 bits per heavy atom. The summed E-state index contributed by atoms with van der Waals surface area (Å²) in [6.07, 6.45) is 0.0227. The molecule has 0 aromatic heterocycles. The number of benzene rings is 1. The molecular formula is C15H23N3O3. The van der Waals surface area contributed by atoms with Crippen molar-refractivity contribution in [2.45, 2.75) is 13.0 Å². The fourth-order valence-electron chi connectivity index (χ4n) is 2.41. The van der Waals surface area contributed by atoms with Gasteiger partial charge >= 0.3 is 0 Å². The Kier molecular flexibility index (Phi) is 5.41. The maximum Gasteiger partial charge on any atom is 0.253 e. The van der Waals surface area contributed by atoms with Crippen molar-refractivity contribution >= 4 is 11.6 Å². The standard InChI is InChI=1S/C15H23N3O3/c1-3-18-7-8-21-11(10-18)9-17-15(19)12-5-4-6-13(20-2)14(12)16/h4-6,11H,3,7-10,16H2,1-2H3,(H,17,19). The highest BCUT2D eigenvalue weighted by atomic mass is 16.5. The van der Waals surface area contributed by atoms with Gasteiger partial charge in [-0.05, 0) is 18.7 Å². The van der Waals surface area contributed by atoms with Gasteiger partial charge in [0.1, 0.15) is 5.75 Å². The van der Waals surface area contributed by atoms with Crippen LogP contribution in [0.15, 0.2) is 18.2 Å². The number of carbonyl (C=O) groups excluding carboxylic acids is 1. The number of nitrogen functional groups attached to an aromatic ring is 1. The first kappa shape index (κ1) is 15.6. The van der Waals surface area contributed by atoms with Gasteiger partial charge in [0.05, 0.1) is 31.1 Å². The Hall–Kier alpha value is -1.79. The molecular weight excluding hydrogens is 270 g/mol. The zero-order valence-electron chi connectivity index (χ0n) is 12.6. The molecule has 0 saturated carbocycles. The van der Waals surface area contributed by atoms with Gasteiger partial charge in [0.15, 0.2) is 0 Å². The van der Waals surface area contributed by atoms with Crippen molar-refractivity contribution in [3.8, 4) is 5.75 Å². The second-order valence-corrected chi connectivity index (χ2v) is 5.02. The molecule has 0 aliphatic carbocycles. The minimum Gasteiger partial charge on any atom is -0.495 e. The number of ether oxygens (including phenoxy) is 2. The Labute approximate surface area is 125 Å². The topological polar surface area (TPSA) is 76.8 Å². The highest BCUT2D eigenvalue weighted by Gasteiger charge is 2.20. The lowest BCUT2D eigenvalue weighted by Crippen LogP contribution is -2.47. The van der Waals surface area contributed by atoms with Crippen LogP contribution in [0.25, 0.3) is 0 Å². The van der Waals surface area contributed by atoms with Crippen LogP contribution in [-0.4, -0.2) is 56.8 Å². The molecule has 21 heavy (non-hydrogen) atoms. The second-order valence-electron chi connectivity index (χ2n) is 5.02. The lowest BCUT2D eigenvalue weighted by atomic mass is 10.1. The molecule has 0 bridgehead atoms. The van der Waals surface area contributed by atoms with Crippen LogP contribution in [0.3, 0.4) is 0 Å². The highest BCUT2D eigenvalue weighted by molar-refractivity contribution is 6.00. The van der Waals surface area contributed by atoms with Crippen LogP contribution in [0.5, 0.6) is 5.75 Å². The molecule has 1 fully saturated rings. The number of nitrogens with two attached hydrogens (primary N) is 1. The molecule has 116 valence electrons. The quantitative estimate of drug-likeness (QED) is 0.783. The number of hydrogen-bond donors (Lipinski definition) is 2. The SMILES string of the molecule is CCN1CCOC(CNC(=O)c2cccc(OC)c2N)C1. The fraction of sp³-hybridized carbons (Fsp3) is 0.533. The van der Waals surface area contributed by atoms with E-state index < -0.39 is 0 Å². The van der Waals surface area contributed by atoms with Crippen molar-refractivity contribution in [3.63, 3.8) is 0 Å². The number of anilines is 1. The summed E-state index contributed by atoms with van der Waals surface area (Å²) < 4.78 is 10.8. The van der Waals surface area contributed by atoms with Crippen LogP contribution in [0, 0.1) is 0 Å². The summed E-state index contributed by atoms with van der Waals surface area (Å²) in [6.45, 7) is 6.09. The van der Waals surface area contributed by atoms with E-state index >= 15 is 0 Å². The summed E-state index contributed by atoms with van der Waals surface area (Å²) in [5, 5.41) is 2.88. The molecule has 1 aliphatic rings. The fourth-order valence-corrected chi connectivity index (χ4v) is 2.41. The van der Waals surface area contributed by atoms with Crippen LogP contribution in [-0.2, 0) is 4.74 Å². The van der Waals surface area contributed by atoms with Gasteiger partial charge < -0.3 is 20.5 Å². The summed E-state index contributed by atoms with van der Waals surface area (Å²) in [7, 11) is 1.53. The molecule has 0 spiro atoms. The average Bonchev–Trinajstić information content (AvgIpc) is 2.53. The minimum absolute atomic E-state index is 0.0227. The van der Waals surface area contributed by atoms with Gasteiger partial charge in [-0.3, -0.25) is 9.69 Å². The molecule has 2 rings (SSSR count). The molecule has 6 nitrogen and oxygen atoms in total. The van der Waals surface area contributed by atoms with E-state index in [1.54, 1.807) is 18.2 Å². The molecule has 1 heterocycles. The van der Waals surface area contributed by atoms with E-state index in [2.05, 4.69) is 17.1 Å². The predicted molar refractivity (Wildman–Crippen MR) is 81.6 cm³/mol. The molecule has 1 saturated heterocycles. The highest BCUT2D eigenvalue weighted by Crippen LogP contribution is 2.24. The molecule has 3 N–H and O–H groups in total. The molecule has 1 aliphatic heterocycles. The zero-order valence-corrected chi connectivity index (χ0v) is 12.6. The smallest absolute Gasteiger partial charge is 0.253 e. The average molecular weight is 293 g/mol. The zero-order chi connectivity index (χ0) is 15.2. The van der Waals surface area contributed by atoms with Crippen molar-refractivity contribution in [2.75, 3.05) is 45.6 Å². The molecule has 1 amide bonds. The first-order valence-electron chi connectivity index (χ1n) is 7.20. The van der Waals surface area contributed by atoms with Crippen LogP contribution >= 0.6 is 0 Å².